The van der Waals surface area contributed by atoms with Crippen molar-refractivity contribution < 1.29 is 9.59 Å². The van der Waals surface area contributed by atoms with E-state index in [-0.39, 0.29) is 29.8 Å². The molecule has 2 atom stereocenters. The Kier molecular flexibility index (Phi) is 4.99. The van der Waals surface area contributed by atoms with E-state index in [2.05, 4.69) is 28.8 Å². The minimum absolute atomic E-state index is 0.0115. The molecule has 1 aliphatic carbocycles. The number of thioether (sulfide) groups is 1. The van der Waals surface area contributed by atoms with E-state index in [0.717, 1.165) is 32.2 Å². The second kappa shape index (κ2) is 7.38. The summed E-state index contributed by atoms with van der Waals surface area (Å²) in [5, 5.41) is 6.58. The third kappa shape index (κ3) is 3.42. The Balaban J connectivity index is 1.37. The van der Waals surface area contributed by atoms with Crippen LogP contribution in [0.1, 0.15) is 36.4 Å². The molecule has 4 rings (SSSR count). The standard InChI is InChI=1S/C19H25N3O2S/c23-18(17-11-25-12-22(17)19(24)14-5-3-6-14)21-10-16-15-7-2-1-4-13(15)8-9-20-16/h1-2,4,7,14,16-17,20H,3,5-6,8-12H2,(H,21,23). The van der Waals surface area contributed by atoms with Gasteiger partial charge in [0.15, 0.2) is 0 Å². The number of hydrogen-bond acceptors (Lipinski definition) is 4. The first kappa shape index (κ1) is 16.9. The van der Waals surface area contributed by atoms with E-state index in [1.165, 1.54) is 11.1 Å². The van der Waals surface area contributed by atoms with Crippen molar-refractivity contribution >= 4 is 23.6 Å². The highest BCUT2D eigenvalue weighted by molar-refractivity contribution is 7.99. The first-order valence-electron chi connectivity index (χ1n) is 9.21. The zero-order chi connectivity index (χ0) is 17.2. The minimum atomic E-state index is -0.308. The highest BCUT2D eigenvalue weighted by Gasteiger charge is 2.39. The Hall–Kier alpha value is -1.53. The molecule has 0 radical (unpaired) electrons. The van der Waals surface area contributed by atoms with Crippen LogP contribution in [-0.4, -0.2) is 47.5 Å². The highest BCUT2D eigenvalue weighted by Crippen LogP contribution is 2.32. The van der Waals surface area contributed by atoms with Gasteiger partial charge in [-0.15, -0.1) is 11.8 Å². The topological polar surface area (TPSA) is 61.4 Å². The summed E-state index contributed by atoms with van der Waals surface area (Å²) >= 11 is 1.68. The molecule has 2 amide bonds. The highest BCUT2D eigenvalue weighted by atomic mass is 32.2. The minimum Gasteiger partial charge on any atom is -0.352 e. The quantitative estimate of drug-likeness (QED) is 0.859. The number of nitrogens with one attached hydrogen (secondary N) is 2. The first-order valence-corrected chi connectivity index (χ1v) is 10.4. The number of amides is 2. The maximum atomic E-state index is 12.7. The maximum Gasteiger partial charge on any atom is 0.243 e. The summed E-state index contributed by atoms with van der Waals surface area (Å²) < 4.78 is 0. The van der Waals surface area contributed by atoms with Crippen LogP contribution in [0.4, 0.5) is 0 Å². The Labute approximate surface area is 152 Å². The lowest BCUT2D eigenvalue weighted by molar-refractivity contribution is -0.143. The summed E-state index contributed by atoms with van der Waals surface area (Å²) in [5.41, 5.74) is 2.64. The van der Waals surface area contributed by atoms with Crippen LogP contribution in [0.25, 0.3) is 0 Å². The lowest BCUT2D eigenvalue weighted by atomic mass is 9.84. The molecule has 2 fully saturated rings. The molecule has 0 spiro atoms. The van der Waals surface area contributed by atoms with E-state index in [4.69, 9.17) is 0 Å². The molecule has 1 saturated heterocycles. The third-order valence-electron chi connectivity index (χ3n) is 5.62. The average molecular weight is 359 g/mol. The molecule has 2 heterocycles. The van der Waals surface area contributed by atoms with Gasteiger partial charge in [0.05, 0.1) is 5.88 Å². The molecule has 0 bridgehead atoms. The molecule has 0 aromatic heterocycles. The van der Waals surface area contributed by atoms with Gasteiger partial charge in [-0.2, -0.15) is 0 Å². The van der Waals surface area contributed by atoms with Gasteiger partial charge < -0.3 is 15.5 Å². The zero-order valence-electron chi connectivity index (χ0n) is 14.4. The van der Waals surface area contributed by atoms with Crippen molar-refractivity contribution in [3.05, 3.63) is 35.4 Å². The second-order valence-electron chi connectivity index (χ2n) is 7.15. The molecule has 2 N–H and O–H groups in total. The Morgan fingerprint density at radius 2 is 2.12 bits per heavy atom. The van der Waals surface area contributed by atoms with Crippen LogP contribution < -0.4 is 10.6 Å². The molecular formula is C19H25N3O2S. The molecule has 134 valence electrons. The van der Waals surface area contributed by atoms with E-state index in [1.54, 1.807) is 16.7 Å². The number of rotatable bonds is 4. The Bertz CT molecular complexity index is 662. The normalized spacial score (nSPS) is 26.0. The van der Waals surface area contributed by atoms with Gasteiger partial charge in [-0.05, 0) is 36.9 Å². The van der Waals surface area contributed by atoms with Gasteiger partial charge in [0.1, 0.15) is 6.04 Å². The van der Waals surface area contributed by atoms with Gasteiger partial charge in [0, 0.05) is 24.3 Å². The fourth-order valence-electron chi connectivity index (χ4n) is 3.86. The Morgan fingerprint density at radius 3 is 2.92 bits per heavy atom. The molecule has 5 nitrogen and oxygen atoms in total. The largest absolute Gasteiger partial charge is 0.352 e. The summed E-state index contributed by atoms with van der Waals surface area (Å²) in [6.07, 6.45) is 4.14. The van der Waals surface area contributed by atoms with E-state index in [1.807, 2.05) is 6.07 Å². The van der Waals surface area contributed by atoms with Crippen molar-refractivity contribution in [2.45, 2.75) is 37.8 Å². The van der Waals surface area contributed by atoms with Crippen LogP contribution in [0.15, 0.2) is 24.3 Å². The van der Waals surface area contributed by atoms with Crippen LogP contribution in [0, 0.1) is 5.92 Å². The van der Waals surface area contributed by atoms with Crippen molar-refractivity contribution in [2.75, 3.05) is 24.7 Å². The molecule has 2 unspecified atom stereocenters. The van der Waals surface area contributed by atoms with Gasteiger partial charge >= 0.3 is 0 Å². The number of fused-ring (bicyclic) bond motifs is 1. The van der Waals surface area contributed by atoms with Gasteiger partial charge in [0.2, 0.25) is 11.8 Å². The van der Waals surface area contributed by atoms with Crippen molar-refractivity contribution in [1.29, 1.82) is 0 Å². The molecular weight excluding hydrogens is 334 g/mol. The van der Waals surface area contributed by atoms with Crippen LogP contribution in [0.3, 0.4) is 0 Å². The summed E-state index contributed by atoms with van der Waals surface area (Å²) in [7, 11) is 0. The lowest BCUT2D eigenvalue weighted by Gasteiger charge is -2.32. The number of hydrogen-bond donors (Lipinski definition) is 2. The summed E-state index contributed by atoms with van der Waals surface area (Å²) in [6, 6.07) is 8.26. The molecule has 1 aromatic carbocycles. The van der Waals surface area contributed by atoms with Crippen molar-refractivity contribution in [3.8, 4) is 0 Å². The van der Waals surface area contributed by atoms with Gasteiger partial charge in [-0.1, -0.05) is 30.7 Å². The SMILES string of the molecule is O=C(NCC1NCCc2ccccc21)C1CSCN1C(=O)C1CCC1. The molecule has 2 aliphatic heterocycles. The molecule has 1 saturated carbocycles. The maximum absolute atomic E-state index is 12.7. The average Bonchev–Trinajstić information content (AvgIpc) is 3.08. The van der Waals surface area contributed by atoms with E-state index in [0.29, 0.717) is 18.2 Å². The van der Waals surface area contributed by atoms with Crippen LogP contribution in [-0.2, 0) is 16.0 Å². The molecule has 1 aromatic rings. The predicted octanol–water partition coefficient (Wildman–Crippen LogP) is 1.69. The Morgan fingerprint density at radius 1 is 1.28 bits per heavy atom. The zero-order valence-corrected chi connectivity index (χ0v) is 15.2. The number of carbonyl (C=O) groups is 2. The van der Waals surface area contributed by atoms with E-state index >= 15 is 0 Å². The smallest absolute Gasteiger partial charge is 0.243 e. The number of nitrogens with zero attached hydrogens (tertiary/aromatic N) is 1. The van der Waals surface area contributed by atoms with Crippen molar-refractivity contribution in [1.82, 2.24) is 15.5 Å². The van der Waals surface area contributed by atoms with Gasteiger partial charge in [-0.25, -0.2) is 0 Å². The van der Waals surface area contributed by atoms with Crippen LogP contribution in [0.2, 0.25) is 0 Å². The lowest BCUT2D eigenvalue weighted by Crippen LogP contribution is -2.51. The first-order chi connectivity index (χ1) is 12.2. The second-order valence-corrected chi connectivity index (χ2v) is 8.15. The monoisotopic (exact) mass is 359 g/mol. The van der Waals surface area contributed by atoms with Gasteiger partial charge in [0.25, 0.3) is 0 Å². The molecule has 6 heteroatoms. The fraction of sp³-hybridized carbons (Fsp3) is 0.579. The van der Waals surface area contributed by atoms with Crippen molar-refractivity contribution in [3.63, 3.8) is 0 Å². The third-order valence-corrected chi connectivity index (χ3v) is 6.63. The number of benzene rings is 1. The van der Waals surface area contributed by atoms with Crippen molar-refractivity contribution in [2.24, 2.45) is 5.92 Å². The van der Waals surface area contributed by atoms with Gasteiger partial charge in [-0.3, -0.25) is 9.59 Å². The van der Waals surface area contributed by atoms with Crippen LogP contribution >= 0.6 is 11.8 Å². The summed E-state index contributed by atoms with van der Waals surface area (Å²) in [5.74, 6) is 1.68. The van der Waals surface area contributed by atoms with E-state index in [9.17, 15) is 9.59 Å². The molecule has 25 heavy (non-hydrogen) atoms. The van der Waals surface area contributed by atoms with E-state index < -0.39 is 0 Å². The molecule has 3 aliphatic rings. The number of carbonyl (C=O) groups excluding carboxylic acids is 2. The predicted molar refractivity (Wildman–Crippen MR) is 99.2 cm³/mol. The fourth-order valence-corrected chi connectivity index (χ4v) is 5.03. The van der Waals surface area contributed by atoms with Crippen LogP contribution in [0.5, 0.6) is 0 Å². The summed E-state index contributed by atoms with van der Waals surface area (Å²) in [4.78, 5) is 27.0. The summed E-state index contributed by atoms with van der Waals surface area (Å²) in [6.45, 7) is 1.51.